The van der Waals surface area contributed by atoms with Gasteiger partial charge in [-0.05, 0) is 12.3 Å². The number of hydrogen-bond donors (Lipinski definition) is 0. The van der Waals surface area contributed by atoms with Crippen LogP contribution in [-0.2, 0) is 4.84 Å². The minimum absolute atomic E-state index is 0.785. The highest BCUT2D eigenvalue weighted by Gasteiger charge is 2.19. The Kier molecular flexibility index (Phi) is 1.86. The Hall–Kier alpha value is -0.0800. The average Bonchev–Trinajstić information content (AvgIpc) is 2.41. The third-order valence-corrected chi connectivity index (χ3v) is 1.18. The van der Waals surface area contributed by atoms with E-state index in [1.54, 1.807) is 6.73 Å². The fourth-order valence-electron chi connectivity index (χ4n) is 0.524. The van der Waals surface area contributed by atoms with Gasteiger partial charge in [0, 0.05) is 6.54 Å². The number of nitrogens with zero attached hydrogens (tertiary/aromatic N) is 1. The van der Waals surface area contributed by atoms with E-state index < -0.39 is 0 Å². The summed E-state index contributed by atoms with van der Waals surface area (Å²) in [5.74, 6) is 0.785. The average molecular weight is 114 g/mol. The summed E-state index contributed by atoms with van der Waals surface area (Å²) in [4.78, 5) is 4.77. The van der Waals surface area contributed by atoms with Crippen LogP contribution in [0.3, 0.4) is 0 Å². The second-order valence-electron chi connectivity index (χ2n) is 2.53. The van der Waals surface area contributed by atoms with Gasteiger partial charge >= 0.3 is 0 Å². The van der Waals surface area contributed by atoms with Gasteiger partial charge in [-0.3, -0.25) is 4.84 Å². The Morgan fingerprint density at radius 1 is 1.62 bits per heavy atom. The van der Waals surface area contributed by atoms with Crippen molar-refractivity contribution in [2.45, 2.75) is 20.3 Å². The molecule has 1 aliphatic heterocycles. The fourth-order valence-corrected chi connectivity index (χ4v) is 0.524. The normalized spacial score (nSPS) is 26.6. The van der Waals surface area contributed by atoms with Gasteiger partial charge in [0.1, 0.15) is 0 Å². The zero-order valence-corrected chi connectivity index (χ0v) is 5.42. The van der Waals surface area contributed by atoms with Gasteiger partial charge in [-0.1, -0.05) is 13.8 Å². The second kappa shape index (κ2) is 2.46. The highest BCUT2D eigenvalue weighted by molar-refractivity contribution is 4.60. The molecule has 1 fully saturated rings. The van der Waals surface area contributed by atoms with Gasteiger partial charge in [-0.2, -0.15) is 5.06 Å². The molecule has 2 heteroatoms. The van der Waals surface area contributed by atoms with Crippen LogP contribution in [0.5, 0.6) is 0 Å². The molecule has 0 spiro atoms. The number of hydrogen-bond acceptors (Lipinski definition) is 2. The van der Waals surface area contributed by atoms with E-state index in [1.165, 1.54) is 6.42 Å². The second-order valence-corrected chi connectivity index (χ2v) is 2.53. The van der Waals surface area contributed by atoms with Crippen molar-refractivity contribution in [2.75, 3.05) is 6.54 Å². The highest BCUT2D eigenvalue weighted by Crippen LogP contribution is 2.14. The molecule has 0 aromatic carbocycles. The Labute approximate surface area is 50.4 Å². The maximum Gasteiger partial charge on any atom is 0.197 e. The molecule has 1 rings (SSSR count). The quantitative estimate of drug-likeness (QED) is 0.515. The lowest BCUT2D eigenvalue weighted by Crippen LogP contribution is -2.00. The minimum Gasteiger partial charge on any atom is -0.271 e. The summed E-state index contributed by atoms with van der Waals surface area (Å²) in [6.45, 7) is 7.22. The van der Waals surface area contributed by atoms with Gasteiger partial charge in [0.15, 0.2) is 6.73 Å². The molecule has 0 N–H and O–H groups in total. The van der Waals surface area contributed by atoms with E-state index in [-0.39, 0.29) is 0 Å². The molecule has 0 bridgehead atoms. The Morgan fingerprint density at radius 2 is 2.25 bits per heavy atom. The van der Waals surface area contributed by atoms with E-state index in [0.717, 1.165) is 12.5 Å². The van der Waals surface area contributed by atoms with Crippen molar-refractivity contribution in [1.82, 2.24) is 5.06 Å². The summed E-state index contributed by atoms with van der Waals surface area (Å²) in [5.41, 5.74) is 0. The van der Waals surface area contributed by atoms with E-state index in [4.69, 9.17) is 4.84 Å². The summed E-state index contributed by atoms with van der Waals surface area (Å²) in [7, 11) is 0. The summed E-state index contributed by atoms with van der Waals surface area (Å²) in [6.07, 6.45) is 1.22. The van der Waals surface area contributed by atoms with Gasteiger partial charge in [0.05, 0.1) is 0 Å². The van der Waals surface area contributed by atoms with Crippen molar-refractivity contribution >= 4 is 0 Å². The van der Waals surface area contributed by atoms with Crippen LogP contribution in [-0.4, -0.2) is 11.6 Å². The summed E-state index contributed by atoms with van der Waals surface area (Å²) >= 11 is 0. The smallest absolute Gasteiger partial charge is 0.197 e. The van der Waals surface area contributed by atoms with Crippen LogP contribution in [0.1, 0.15) is 20.3 Å². The van der Waals surface area contributed by atoms with Crippen molar-refractivity contribution in [3.05, 3.63) is 6.73 Å². The first-order valence-electron chi connectivity index (χ1n) is 3.06. The van der Waals surface area contributed by atoms with Crippen molar-refractivity contribution in [3.63, 3.8) is 0 Å². The standard InChI is InChI=1S/C6H12NO/c1-6(2)3-4-7-5-8-7/h5-6H,3-4H2,1-2H3. The van der Waals surface area contributed by atoms with E-state index in [9.17, 15) is 0 Å². The van der Waals surface area contributed by atoms with E-state index >= 15 is 0 Å². The molecule has 8 heavy (non-hydrogen) atoms. The van der Waals surface area contributed by atoms with Crippen molar-refractivity contribution < 1.29 is 4.84 Å². The molecular weight excluding hydrogens is 102 g/mol. The minimum atomic E-state index is 0.785. The maximum atomic E-state index is 4.77. The van der Waals surface area contributed by atoms with E-state index in [1.807, 2.05) is 5.06 Å². The third-order valence-electron chi connectivity index (χ3n) is 1.18. The molecule has 1 unspecified atom stereocenters. The lowest BCUT2D eigenvalue weighted by atomic mass is 10.1. The van der Waals surface area contributed by atoms with Crippen LogP contribution < -0.4 is 0 Å². The fraction of sp³-hybridized carbons (Fsp3) is 0.833. The van der Waals surface area contributed by atoms with Crippen LogP contribution in [0.4, 0.5) is 0 Å². The highest BCUT2D eigenvalue weighted by atomic mass is 16.8. The molecule has 0 aromatic rings. The topological polar surface area (TPSA) is 15.5 Å². The summed E-state index contributed by atoms with van der Waals surface area (Å²) in [5, 5.41) is 1.85. The molecule has 1 heterocycles. The molecule has 0 aliphatic carbocycles. The number of rotatable bonds is 3. The van der Waals surface area contributed by atoms with E-state index in [2.05, 4.69) is 13.8 Å². The Balaban J connectivity index is 1.87. The zero-order chi connectivity index (χ0) is 5.98. The largest absolute Gasteiger partial charge is 0.271 e. The first kappa shape index (κ1) is 6.05. The summed E-state index contributed by atoms with van der Waals surface area (Å²) < 4.78 is 0. The van der Waals surface area contributed by atoms with Crippen molar-refractivity contribution in [2.24, 2.45) is 5.92 Å². The monoisotopic (exact) mass is 114 g/mol. The van der Waals surface area contributed by atoms with Crippen LogP contribution in [0, 0.1) is 12.6 Å². The van der Waals surface area contributed by atoms with Crippen LogP contribution in [0.25, 0.3) is 0 Å². The molecule has 1 atom stereocenters. The molecular formula is C6H12NO. The number of hydroxylamine groups is 2. The van der Waals surface area contributed by atoms with Crippen LogP contribution in [0.15, 0.2) is 0 Å². The lowest BCUT2D eigenvalue weighted by molar-refractivity contribution is 0.193. The first-order chi connectivity index (χ1) is 3.79. The van der Waals surface area contributed by atoms with Gasteiger partial charge < -0.3 is 0 Å². The molecule has 1 saturated heterocycles. The predicted octanol–water partition coefficient (Wildman–Crippen LogP) is 1.40. The molecule has 1 radical (unpaired) electrons. The molecule has 2 nitrogen and oxygen atoms in total. The first-order valence-corrected chi connectivity index (χ1v) is 3.06. The van der Waals surface area contributed by atoms with Crippen molar-refractivity contribution in [1.29, 1.82) is 0 Å². The Bertz CT molecular complexity index is 66.9. The zero-order valence-electron chi connectivity index (χ0n) is 5.42. The van der Waals surface area contributed by atoms with Gasteiger partial charge in [-0.25, -0.2) is 0 Å². The predicted molar refractivity (Wildman–Crippen MR) is 31.5 cm³/mol. The molecule has 47 valence electrons. The van der Waals surface area contributed by atoms with Crippen LogP contribution in [0.2, 0.25) is 0 Å². The molecule has 1 aliphatic rings. The van der Waals surface area contributed by atoms with E-state index in [0.29, 0.717) is 0 Å². The maximum absolute atomic E-state index is 4.77. The van der Waals surface area contributed by atoms with Gasteiger partial charge in [0.25, 0.3) is 0 Å². The van der Waals surface area contributed by atoms with Gasteiger partial charge in [0.2, 0.25) is 0 Å². The molecule has 0 saturated carbocycles. The van der Waals surface area contributed by atoms with Crippen molar-refractivity contribution in [3.8, 4) is 0 Å². The third kappa shape index (κ3) is 2.28. The lowest BCUT2D eigenvalue weighted by Gasteiger charge is -1.99. The SMILES string of the molecule is CC(C)CCN1[CH]O1. The molecule has 0 aromatic heterocycles. The van der Waals surface area contributed by atoms with Crippen LogP contribution >= 0.6 is 0 Å². The molecule has 0 amide bonds. The van der Waals surface area contributed by atoms with Gasteiger partial charge in [-0.15, -0.1) is 0 Å². The summed E-state index contributed by atoms with van der Waals surface area (Å²) in [6, 6.07) is 0. The Morgan fingerprint density at radius 3 is 2.62 bits per heavy atom.